The number of carbonyl (C=O) groups is 3. The predicted molar refractivity (Wildman–Crippen MR) is 113 cm³/mol. The summed E-state index contributed by atoms with van der Waals surface area (Å²) < 4.78 is 0. The van der Waals surface area contributed by atoms with Crippen LogP contribution in [0.15, 0.2) is 48.5 Å². The van der Waals surface area contributed by atoms with Crippen LogP contribution in [0.25, 0.3) is 0 Å². The summed E-state index contributed by atoms with van der Waals surface area (Å²) in [5.41, 5.74) is 2.61. The smallest absolute Gasteiger partial charge is 0.254 e. The lowest BCUT2D eigenvalue weighted by atomic mass is 9.77. The first-order valence-electron chi connectivity index (χ1n) is 10.7. The Kier molecular flexibility index (Phi) is 4.77. The minimum atomic E-state index is -0.306. The van der Waals surface area contributed by atoms with Gasteiger partial charge in [0.15, 0.2) is 0 Å². The van der Waals surface area contributed by atoms with Crippen LogP contribution in [0.3, 0.4) is 0 Å². The average Bonchev–Trinajstić information content (AvgIpc) is 3.10. The molecule has 6 nitrogen and oxygen atoms in total. The van der Waals surface area contributed by atoms with Crippen molar-refractivity contribution in [2.45, 2.75) is 37.6 Å². The van der Waals surface area contributed by atoms with Gasteiger partial charge in [0.1, 0.15) is 0 Å². The van der Waals surface area contributed by atoms with Gasteiger partial charge >= 0.3 is 0 Å². The molecule has 154 valence electrons. The van der Waals surface area contributed by atoms with E-state index in [-0.39, 0.29) is 30.3 Å². The minimum absolute atomic E-state index is 0.0213. The highest BCUT2D eigenvalue weighted by Gasteiger charge is 2.45. The van der Waals surface area contributed by atoms with Crippen molar-refractivity contribution in [1.29, 1.82) is 0 Å². The second-order valence-electron chi connectivity index (χ2n) is 8.48. The summed E-state index contributed by atoms with van der Waals surface area (Å²) in [6.07, 6.45) is 4.54. The molecule has 2 N–H and O–H groups in total. The highest BCUT2D eigenvalue weighted by molar-refractivity contribution is 6.10. The number of carbonyl (C=O) groups excluding carboxylic acids is 3. The van der Waals surface area contributed by atoms with Crippen molar-refractivity contribution in [3.63, 3.8) is 0 Å². The second-order valence-corrected chi connectivity index (χ2v) is 8.48. The molecule has 0 radical (unpaired) electrons. The van der Waals surface area contributed by atoms with E-state index in [0.717, 1.165) is 19.3 Å². The summed E-state index contributed by atoms with van der Waals surface area (Å²) in [5.74, 6) is 0.222. The quantitative estimate of drug-likeness (QED) is 0.809. The van der Waals surface area contributed by atoms with E-state index < -0.39 is 0 Å². The van der Waals surface area contributed by atoms with E-state index in [1.807, 2.05) is 11.0 Å². The minimum Gasteiger partial charge on any atom is -0.343 e. The lowest BCUT2D eigenvalue weighted by molar-refractivity contribution is -0.115. The number of nitrogens with one attached hydrogen (secondary N) is 2. The molecule has 2 aromatic carbocycles. The summed E-state index contributed by atoms with van der Waals surface area (Å²) in [5, 5.41) is 5.31. The van der Waals surface area contributed by atoms with E-state index >= 15 is 0 Å². The first-order chi connectivity index (χ1) is 14.6. The van der Waals surface area contributed by atoms with Gasteiger partial charge in [-0.1, -0.05) is 43.2 Å². The zero-order valence-electron chi connectivity index (χ0n) is 16.8. The molecule has 2 heterocycles. The number of hydrogen-bond acceptors (Lipinski definition) is 3. The maximum Gasteiger partial charge on any atom is 0.254 e. The number of anilines is 1. The van der Waals surface area contributed by atoms with Gasteiger partial charge in [0.25, 0.3) is 11.8 Å². The van der Waals surface area contributed by atoms with Gasteiger partial charge in [-0.05, 0) is 42.5 Å². The van der Waals surface area contributed by atoms with Crippen LogP contribution in [0, 0.1) is 5.92 Å². The Bertz CT molecular complexity index is 1000. The molecule has 3 unspecified atom stereocenters. The first kappa shape index (κ1) is 18.9. The summed E-state index contributed by atoms with van der Waals surface area (Å²) in [6.45, 7) is 0.646. The van der Waals surface area contributed by atoms with Crippen LogP contribution in [0.4, 0.5) is 5.69 Å². The molecule has 1 saturated carbocycles. The number of hydrogen-bond donors (Lipinski definition) is 2. The van der Waals surface area contributed by atoms with E-state index in [9.17, 15) is 14.4 Å². The SMILES string of the molecule is O=C1CNC(=O)c2ccc(C(=O)N3CC(c4ccccc4)C4CCCCC43)cc2N1. The Labute approximate surface area is 175 Å². The lowest BCUT2D eigenvalue weighted by Gasteiger charge is -2.32. The predicted octanol–water partition coefficient (Wildman–Crippen LogP) is 3.17. The number of benzene rings is 2. The maximum absolute atomic E-state index is 13.5. The zero-order chi connectivity index (χ0) is 20.7. The topological polar surface area (TPSA) is 78.5 Å². The monoisotopic (exact) mass is 403 g/mol. The maximum atomic E-state index is 13.5. The normalized spacial score (nSPS) is 25.6. The van der Waals surface area contributed by atoms with Crippen LogP contribution < -0.4 is 10.6 Å². The number of rotatable bonds is 2. The molecule has 3 aliphatic rings. The highest BCUT2D eigenvalue weighted by atomic mass is 16.2. The molecule has 3 atom stereocenters. The number of fused-ring (bicyclic) bond motifs is 2. The molecule has 30 heavy (non-hydrogen) atoms. The van der Waals surface area contributed by atoms with E-state index in [1.54, 1.807) is 18.2 Å². The van der Waals surface area contributed by atoms with Crippen molar-refractivity contribution < 1.29 is 14.4 Å². The Morgan fingerprint density at radius 3 is 2.63 bits per heavy atom. The first-order valence-corrected chi connectivity index (χ1v) is 10.7. The summed E-state index contributed by atoms with van der Waals surface area (Å²) >= 11 is 0. The highest BCUT2D eigenvalue weighted by Crippen LogP contribution is 2.45. The lowest BCUT2D eigenvalue weighted by Crippen LogP contribution is -2.39. The molecule has 1 saturated heterocycles. The summed E-state index contributed by atoms with van der Waals surface area (Å²) in [4.78, 5) is 39.6. The fourth-order valence-corrected chi connectivity index (χ4v) is 5.36. The molecule has 0 spiro atoms. The molecule has 0 bridgehead atoms. The van der Waals surface area contributed by atoms with Crippen molar-refractivity contribution in [3.8, 4) is 0 Å². The molecule has 2 aliphatic heterocycles. The molecule has 0 aromatic heterocycles. The molecule has 2 aromatic rings. The van der Waals surface area contributed by atoms with E-state index in [4.69, 9.17) is 0 Å². The van der Waals surface area contributed by atoms with Crippen molar-refractivity contribution >= 4 is 23.4 Å². The van der Waals surface area contributed by atoms with Gasteiger partial charge in [0.05, 0.1) is 17.8 Å². The number of nitrogens with zero attached hydrogens (tertiary/aromatic N) is 1. The fourth-order valence-electron chi connectivity index (χ4n) is 5.36. The van der Waals surface area contributed by atoms with Gasteiger partial charge in [-0.2, -0.15) is 0 Å². The average molecular weight is 403 g/mol. The van der Waals surface area contributed by atoms with Gasteiger partial charge in [-0.3, -0.25) is 14.4 Å². The number of likely N-dealkylation sites (tertiary alicyclic amines) is 1. The van der Waals surface area contributed by atoms with Crippen LogP contribution in [0.5, 0.6) is 0 Å². The number of amides is 3. The van der Waals surface area contributed by atoms with Crippen molar-refractivity contribution in [2.24, 2.45) is 5.92 Å². The Morgan fingerprint density at radius 2 is 1.80 bits per heavy atom. The van der Waals surface area contributed by atoms with Gasteiger partial charge in [0, 0.05) is 24.1 Å². The van der Waals surface area contributed by atoms with Crippen LogP contribution in [0.2, 0.25) is 0 Å². The third-order valence-corrected chi connectivity index (χ3v) is 6.78. The standard InChI is InChI=1S/C24H25N3O3/c28-22-13-25-23(29)18-11-10-16(12-20(18)26-22)24(30)27-14-19(15-6-2-1-3-7-15)17-8-4-5-9-21(17)27/h1-3,6-7,10-12,17,19,21H,4-5,8-9,13-14H2,(H,25,29)(H,26,28). The molecule has 5 rings (SSSR count). The fraction of sp³-hybridized carbons (Fsp3) is 0.375. The molecular formula is C24H25N3O3. The third-order valence-electron chi connectivity index (χ3n) is 6.78. The zero-order valence-corrected chi connectivity index (χ0v) is 16.8. The summed E-state index contributed by atoms with van der Waals surface area (Å²) in [7, 11) is 0. The molecule has 3 amide bonds. The van der Waals surface area contributed by atoms with E-state index in [0.29, 0.717) is 35.2 Å². The van der Waals surface area contributed by atoms with Crippen molar-refractivity contribution in [2.75, 3.05) is 18.4 Å². The van der Waals surface area contributed by atoms with Crippen LogP contribution in [-0.2, 0) is 4.79 Å². The Morgan fingerprint density at radius 1 is 1.00 bits per heavy atom. The van der Waals surface area contributed by atoms with Crippen molar-refractivity contribution in [1.82, 2.24) is 10.2 Å². The van der Waals surface area contributed by atoms with E-state index in [1.165, 1.54) is 12.0 Å². The largest absolute Gasteiger partial charge is 0.343 e. The van der Waals surface area contributed by atoms with Crippen LogP contribution in [-0.4, -0.2) is 41.8 Å². The van der Waals surface area contributed by atoms with E-state index in [2.05, 4.69) is 34.9 Å². The van der Waals surface area contributed by atoms with Crippen LogP contribution in [0.1, 0.15) is 57.9 Å². The van der Waals surface area contributed by atoms with Gasteiger partial charge in [-0.15, -0.1) is 0 Å². The van der Waals surface area contributed by atoms with Gasteiger partial charge in [-0.25, -0.2) is 0 Å². The van der Waals surface area contributed by atoms with Crippen LogP contribution >= 0.6 is 0 Å². The Hall–Kier alpha value is -3.15. The molecule has 6 heteroatoms. The van der Waals surface area contributed by atoms with Crippen molar-refractivity contribution in [3.05, 3.63) is 65.2 Å². The Balaban J connectivity index is 1.46. The molecular weight excluding hydrogens is 378 g/mol. The summed E-state index contributed by atoms with van der Waals surface area (Å²) in [6, 6.07) is 15.7. The van der Waals surface area contributed by atoms with Gasteiger partial charge < -0.3 is 15.5 Å². The van der Waals surface area contributed by atoms with Gasteiger partial charge in [0.2, 0.25) is 5.91 Å². The molecule has 1 aliphatic carbocycles. The second kappa shape index (κ2) is 7.59. The third kappa shape index (κ3) is 3.26. The molecule has 2 fully saturated rings.